The summed E-state index contributed by atoms with van der Waals surface area (Å²) < 4.78 is 38.2. The van der Waals surface area contributed by atoms with E-state index in [0.29, 0.717) is 22.7 Å². The molecule has 1 unspecified atom stereocenters. The van der Waals surface area contributed by atoms with Crippen LogP contribution in [-0.4, -0.2) is 25.6 Å². The van der Waals surface area contributed by atoms with Crippen molar-refractivity contribution in [1.29, 1.82) is 0 Å². The molecule has 2 N–H and O–H groups in total. The molecule has 3 rings (SSSR count). The molecule has 1 atom stereocenters. The van der Waals surface area contributed by atoms with Gasteiger partial charge in [-0.25, -0.2) is 13.1 Å². The van der Waals surface area contributed by atoms with Gasteiger partial charge in [-0.15, -0.1) is 0 Å². The van der Waals surface area contributed by atoms with Crippen LogP contribution in [0.15, 0.2) is 57.9 Å². The van der Waals surface area contributed by atoms with Gasteiger partial charge in [0.15, 0.2) is 6.10 Å². The van der Waals surface area contributed by atoms with Crippen molar-refractivity contribution in [2.75, 3.05) is 10.0 Å². The lowest BCUT2D eigenvalue weighted by Gasteiger charge is -2.15. The van der Waals surface area contributed by atoms with E-state index >= 15 is 0 Å². The average Bonchev–Trinajstić information content (AvgIpc) is 3.07. The first-order valence-electron chi connectivity index (χ1n) is 10.3. The topological polar surface area (TPSA) is 111 Å². The predicted molar refractivity (Wildman–Crippen MR) is 122 cm³/mol. The maximum absolute atomic E-state index is 12.6. The largest absolute Gasteiger partial charge is 0.481 e. The zero-order chi connectivity index (χ0) is 23.3. The molecule has 9 heteroatoms. The van der Waals surface area contributed by atoms with Crippen molar-refractivity contribution in [3.05, 3.63) is 65.4 Å². The number of anilines is 2. The average molecular weight is 458 g/mol. The highest BCUT2D eigenvalue weighted by Gasteiger charge is 2.20. The first kappa shape index (κ1) is 23.3. The van der Waals surface area contributed by atoms with Gasteiger partial charge in [0.05, 0.1) is 10.6 Å². The number of amides is 1. The molecule has 1 aromatic heterocycles. The summed E-state index contributed by atoms with van der Waals surface area (Å²) in [7, 11) is -3.85. The number of rotatable bonds is 9. The fourth-order valence-electron chi connectivity index (χ4n) is 2.93. The number of carbonyl (C=O) groups is 1. The molecule has 0 saturated carbocycles. The highest BCUT2D eigenvalue weighted by atomic mass is 32.2. The number of benzene rings is 2. The molecule has 3 aromatic rings. The molecule has 0 radical (unpaired) electrons. The third-order valence-corrected chi connectivity index (χ3v) is 6.31. The highest BCUT2D eigenvalue weighted by Crippen LogP contribution is 2.23. The lowest BCUT2D eigenvalue weighted by atomic mass is 10.1. The second-order valence-electron chi connectivity index (χ2n) is 7.50. The van der Waals surface area contributed by atoms with Gasteiger partial charge in [-0.1, -0.05) is 30.6 Å². The Labute approximate surface area is 188 Å². The smallest absolute Gasteiger partial charge is 0.265 e. The summed E-state index contributed by atoms with van der Waals surface area (Å²) in [5.41, 5.74) is 2.89. The molecule has 0 saturated heterocycles. The minimum absolute atomic E-state index is 0.0282. The van der Waals surface area contributed by atoms with Crippen LogP contribution in [0.1, 0.15) is 37.1 Å². The van der Waals surface area contributed by atoms with E-state index in [2.05, 4.69) is 22.1 Å². The molecule has 0 aliphatic rings. The molecule has 0 aliphatic heterocycles. The normalized spacial score (nSPS) is 12.2. The summed E-state index contributed by atoms with van der Waals surface area (Å²) in [4.78, 5) is 12.5. The molecular weight excluding hydrogens is 430 g/mol. The van der Waals surface area contributed by atoms with Crippen LogP contribution in [0.4, 0.5) is 11.6 Å². The van der Waals surface area contributed by atoms with Gasteiger partial charge in [0, 0.05) is 11.3 Å². The van der Waals surface area contributed by atoms with Gasteiger partial charge in [0.25, 0.3) is 15.9 Å². The number of aryl methyl sites for hydroxylation is 2. The fourth-order valence-corrected chi connectivity index (χ4v) is 3.98. The quantitative estimate of drug-likeness (QED) is 0.491. The van der Waals surface area contributed by atoms with E-state index in [9.17, 15) is 13.2 Å². The zero-order valence-electron chi connectivity index (χ0n) is 18.5. The Bertz CT molecular complexity index is 1170. The maximum atomic E-state index is 12.6. The molecule has 1 heterocycles. The Morgan fingerprint density at radius 1 is 1.09 bits per heavy atom. The minimum atomic E-state index is -3.85. The molecule has 170 valence electrons. The number of nitrogens with zero attached hydrogens (tertiary/aromatic N) is 1. The van der Waals surface area contributed by atoms with Gasteiger partial charge in [0.1, 0.15) is 5.75 Å². The maximum Gasteiger partial charge on any atom is 0.265 e. The van der Waals surface area contributed by atoms with E-state index in [4.69, 9.17) is 9.26 Å². The highest BCUT2D eigenvalue weighted by molar-refractivity contribution is 7.92. The van der Waals surface area contributed by atoms with Crippen molar-refractivity contribution in [2.45, 2.75) is 51.5 Å². The lowest BCUT2D eigenvalue weighted by molar-refractivity contribution is -0.122. The molecule has 2 aromatic carbocycles. The van der Waals surface area contributed by atoms with Crippen molar-refractivity contribution in [3.8, 4) is 5.75 Å². The summed E-state index contributed by atoms with van der Waals surface area (Å²) in [6.07, 6.45) is 1.33. The number of sulfonamides is 1. The van der Waals surface area contributed by atoms with E-state index < -0.39 is 16.1 Å². The molecular formula is C23H27N3O5S. The van der Waals surface area contributed by atoms with Crippen LogP contribution in [0.3, 0.4) is 0 Å². The summed E-state index contributed by atoms with van der Waals surface area (Å²) in [6.45, 7) is 7.21. The van der Waals surface area contributed by atoms with Gasteiger partial charge >= 0.3 is 0 Å². The minimum Gasteiger partial charge on any atom is -0.481 e. The van der Waals surface area contributed by atoms with Crippen LogP contribution >= 0.6 is 0 Å². The molecule has 0 spiro atoms. The number of hydrogen-bond acceptors (Lipinski definition) is 6. The monoisotopic (exact) mass is 457 g/mol. The number of aromatic nitrogens is 1. The van der Waals surface area contributed by atoms with Crippen molar-refractivity contribution in [1.82, 2.24) is 5.16 Å². The van der Waals surface area contributed by atoms with Crippen LogP contribution < -0.4 is 14.8 Å². The Balaban J connectivity index is 1.60. The molecule has 1 amide bonds. The van der Waals surface area contributed by atoms with Crippen molar-refractivity contribution < 1.29 is 22.5 Å². The first-order chi connectivity index (χ1) is 15.2. The number of nitrogens with one attached hydrogen (secondary N) is 2. The Morgan fingerprint density at radius 3 is 2.31 bits per heavy atom. The van der Waals surface area contributed by atoms with Gasteiger partial charge in [-0.05, 0) is 69.2 Å². The van der Waals surface area contributed by atoms with Crippen molar-refractivity contribution in [2.24, 2.45) is 0 Å². The predicted octanol–water partition coefficient (Wildman–Crippen LogP) is 4.45. The standard InChI is InChI=1S/C23H27N3O5S/c1-5-6-18-7-11-20(12-8-18)30-17(4)22(27)24-19-9-13-21(14-10-19)32(28,29)26-23-15(2)16(3)25-31-23/h7-14,17,26H,5-6H2,1-4H3,(H,24,27). The number of hydrogen-bond donors (Lipinski definition) is 2. The summed E-state index contributed by atoms with van der Waals surface area (Å²) in [5.74, 6) is 0.343. The second-order valence-corrected chi connectivity index (χ2v) is 9.18. The van der Waals surface area contributed by atoms with Crippen LogP contribution in [0, 0.1) is 13.8 Å². The van der Waals surface area contributed by atoms with E-state index in [1.165, 1.54) is 29.8 Å². The SMILES string of the molecule is CCCc1ccc(OC(C)C(=O)Nc2ccc(S(=O)(=O)Nc3onc(C)c3C)cc2)cc1. The molecule has 8 nitrogen and oxygen atoms in total. The van der Waals surface area contributed by atoms with Gasteiger partial charge in [-0.3, -0.25) is 4.79 Å². The fraction of sp³-hybridized carbons (Fsp3) is 0.304. The number of ether oxygens (including phenoxy) is 1. The van der Waals surface area contributed by atoms with Crippen molar-refractivity contribution >= 4 is 27.5 Å². The Morgan fingerprint density at radius 2 is 1.75 bits per heavy atom. The molecule has 32 heavy (non-hydrogen) atoms. The van der Waals surface area contributed by atoms with Crippen LogP contribution in [0.5, 0.6) is 5.75 Å². The van der Waals surface area contributed by atoms with E-state index in [1.54, 1.807) is 20.8 Å². The van der Waals surface area contributed by atoms with Gasteiger partial charge in [-0.2, -0.15) is 0 Å². The third kappa shape index (κ3) is 5.67. The first-order valence-corrected chi connectivity index (χ1v) is 11.8. The van der Waals surface area contributed by atoms with E-state index in [0.717, 1.165) is 12.8 Å². The Hall–Kier alpha value is -3.33. The van der Waals surface area contributed by atoms with Crippen LogP contribution in [0.2, 0.25) is 0 Å². The summed E-state index contributed by atoms with van der Waals surface area (Å²) in [5, 5.41) is 6.47. The third-order valence-electron chi connectivity index (χ3n) is 4.96. The number of carbonyl (C=O) groups excluding carboxylic acids is 1. The van der Waals surface area contributed by atoms with E-state index in [-0.39, 0.29) is 16.7 Å². The summed E-state index contributed by atoms with van der Waals surface area (Å²) >= 11 is 0. The zero-order valence-corrected chi connectivity index (χ0v) is 19.3. The lowest BCUT2D eigenvalue weighted by Crippen LogP contribution is -2.30. The van der Waals surface area contributed by atoms with Crippen LogP contribution in [0.25, 0.3) is 0 Å². The molecule has 0 bridgehead atoms. The van der Waals surface area contributed by atoms with Gasteiger partial charge in [0.2, 0.25) is 5.88 Å². The summed E-state index contributed by atoms with van der Waals surface area (Å²) in [6, 6.07) is 13.5. The Kier molecular flexibility index (Phi) is 7.19. The second kappa shape index (κ2) is 9.86. The van der Waals surface area contributed by atoms with Gasteiger partial charge < -0.3 is 14.6 Å². The molecule has 0 aliphatic carbocycles. The van der Waals surface area contributed by atoms with E-state index in [1.807, 2.05) is 24.3 Å². The van der Waals surface area contributed by atoms with Crippen LogP contribution in [-0.2, 0) is 21.2 Å². The molecule has 0 fully saturated rings. The van der Waals surface area contributed by atoms with Crippen molar-refractivity contribution in [3.63, 3.8) is 0 Å².